The van der Waals surface area contributed by atoms with Crippen molar-refractivity contribution in [3.8, 4) is 5.75 Å². The fraction of sp³-hybridized carbons (Fsp3) is 0.381. The highest BCUT2D eigenvalue weighted by molar-refractivity contribution is 6.62. The van der Waals surface area contributed by atoms with E-state index in [1.165, 1.54) is 0 Å². The number of aryl methyl sites for hydroxylation is 1. The number of fused-ring (bicyclic) bond motifs is 1. The van der Waals surface area contributed by atoms with Crippen LogP contribution in [0.2, 0.25) is 0 Å². The van der Waals surface area contributed by atoms with Crippen LogP contribution in [0.25, 0.3) is 0 Å². The average Bonchev–Trinajstić information content (AvgIpc) is 3.13. The van der Waals surface area contributed by atoms with E-state index < -0.39 is 7.12 Å². The van der Waals surface area contributed by atoms with Gasteiger partial charge >= 0.3 is 7.12 Å². The van der Waals surface area contributed by atoms with Crippen LogP contribution >= 0.6 is 0 Å². The van der Waals surface area contributed by atoms with E-state index in [-0.39, 0.29) is 5.91 Å². The van der Waals surface area contributed by atoms with Crippen molar-refractivity contribution in [1.29, 1.82) is 0 Å². The van der Waals surface area contributed by atoms with E-state index in [0.717, 1.165) is 41.1 Å². The molecule has 0 aromatic heterocycles. The Bertz CT molecular complexity index is 852. The van der Waals surface area contributed by atoms with Crippen LogP contribution in [0.4, 0.5) is 5.69 Å². The zero-order valence-corrected chi connectivity index (χ0v) is 16.1. The van der Waals surface area contributed by atoms with Crippen LogP contribution < -0.4 is 15.1 Å². The van der Waals surface area contributed by atoms with E-state index in [1.54, 1.807) is 7.11 Å². The molecule has 1 fully saturated rings. The molecule has 0 bridgehead atoms. The molecule has 7 heteroatoms. The fourth-order valence-corrected chi connectivity index (χ4v) is 4.07. The number of piperazine rings is 1. The van der Waals surface area contributed by atoms with Gasteiger partial charge in [-0.3, -0.25) is 4.79 Å². The highest BCUT2D eigenvalue weighted by Gasteiger charge is 2.30. The molecule has 2 aliphatic rings. The number of methoxy groups -OCH3 is 1. The summed E-state index contributed by atoms with van der Waals surface area (Å²) < 4.78 is 10.8. The summed E-state index contributed by atoms with van der Waals surface area (Å²) in [6, 6.07) is 13.9. The van der Waals surface area contributed by atoms with E-state index in [1.807, 2.05) is 41.3 Å². The van der Waals surface area contributed by atoms with Crippen molar-refractivity contribution in [1.82, 2.24) is 4.90 Å². The Kier molecular flexibility index (Phi) is 5.55. The fourth-order valence-electron chi connectivity index (χ4n) is 4.07. The Labute approximate surface area is 165 Å². The zero-order chi connectivity index (χ0) is 19.5. The van der Waals surface area contributed by atoms with Crippen LogP contribution in [0.5, 0.6) is 5.75 Å². The molecule has 2 aromatic carbocycles. The molecular formula is C21H25BN2O4. The first-order valence-electron chi connectivity index (χ1n) is 9.73. The van der Waals surface area contributed by atoms with Gasteiger partial charge in [-0.05, 0) is 35.1 Å². The number of ether oxygens (including phenoxy) is 1. The number of hydrogen-bond acceptors (Lipinski definition) is 5. The molecule has 0 radical (unpaired) electrons. The van der Waals surface area contributed by atoms with Crippen molar-refractivity contribution >= 4 is 24.2 Å². The normalized spacial score (nSPS) is 16.3. The maximum absolute atomic E-state index is 12.7. The molecule has 0 saturated carbocycles. The Morgan fingerprint density at radius 1 is 1.14 bits per heavy atom. The third-order valence-electron chi connectivity index (χ3n) is 5.60. The monoisotopic (exact) mass is 380 g/mol. The molecule has 0 unspecified atom stereocenters. The maximum atomic E-state index is 12.7. The molecule has 0 spiro atoms. The molecule has 28 heavy (non-hydrogen) atoms. The van der Waals surface area contributed by atoms with Crippen LogP contribution in [-0.4, -0.2) is 56.2 Å². The maximum Gasteiger partial charge on any atom is 0.492 e. The predicted octanol–water partition coefficient (Wildman–Crippen LogP) is 1.19. The van der Waals surface area contributed by atoms with E-state index in [2.05, 4.69) is 11.0 Å². The van der Waals surface area contributed by atoms with E-state index >= 15 is 0 Å². The number of amides is 1. The summed E-state index contributed by atoms with van der Waals surface area (Å²) in [7, 11) is 0.812. The summed E-state index contributed by atoms with van der Waals surface area (Å²) >= 11 is 0. The second kappa shape index (κ2) is 8.25. The van der Waals surface area contributed by atoms with Crippen LogP contribution in [0, 0.1) is 0 Å². The molecule has 1 N–H and O–H groups in total. The molecule has 0 atom stereocenters. The minimum Gasteiger partial charge on any atom is -0.495 e. The zero-order valence-electron chi connectivity index (χ0n) is 16.1. The number of nitrogens with zero attached hydrogens (tertiary/aromatic N) is 2. The molecule has 146 valence electrons. The predicted molar refractivity (Wildman–Crippen MR) is 109 cm³/mol. The third kappa shape index (κ3) is 3.72. The molecule has 6 nitrogen and oxygen atoms in total. The molecule has 1 amide bonds. The number of carbonyl (C=O) groups is 1. The van der Waals surface area contributed by atoms with E-state index in [4.69, 9.17) is 9.39 Å². The minimum absolute atomic E-state index is 0.158. The number of para-hydroxylation sites is 2. The summed E-state index contributed by atoms with van der Waals surface area (Å²) in [4.78, 5) is 16.9. The van der Waals surface area contributed by atoms with Crippen LogP contribution in [0.3, 0.4) is 0 Å². The highest BCUT2D eigenvalue weighted by Crippen LogP contribution is 2.28. The van der Waals surface area contributed by atoms with Gasteiger partial charge in [0.05, 0.1) is 19.4 Å². The highest BCUT2D eigenvalue weighted by atomic mass is 16.5. The standard InChI is InChI=1S/C21H25BN2O4/c1-27-19-8-3-2-7-18(19)23-11-13-24(14-12-23)20(25)10-9-16-5-4-6-17-15-28-22(26)21(16)17/h2-8,26H,9-15H2,1H3. The third-order valence-corrected chi connectivity index (χ3v) is 5.60. The van der Waals surface area contributed by atoms with E-state index in [9.17, 15) is 9.82 Å². The van der Waals surface area contributed by atoms with Crippen molar-refractivity contribution < 1.29 is 19.2 Å². The second-order valence-electron chi connectivity index (χ2n) is 7.19. The van der Waals surface area contributed by atoms with Gasteiger partial charge in [-0.25, -0.2) is 0 Å². The first-order chi connectivity index (χ1) is 13.7. The molecular weight excluding hydrogens is 355 g/mol. The largest absolute Gasteiger partial charge is 0.495 e. The van der Waals surface area contributed by atoms with Gasteiger partial charge in [0.1, 0.15) is 5.75 Å². The number of rotatable bonds is 5. The Balaban J connectivity index is 1.33. The molecule has 2 heterocycles. The van der Waals surface area contributed by atoms with Crippen molar-refractivity contribution in [3.05, 3.63) is 53.6 Å². The summed E-state index contributed by atoms with van der Waals surface area (Å²) in [5, 5.41) is 10.0. The Morgan fingerprint density at radius 2 is 1.93 bits per heavy atom. The van der Waals surface area contributed by atoms with Crippen LogP contribution in [-0.2, 0) is 22.5 Å². The SMILES string of the molecule is COc1ccccc1N1CCN(C(=O)CCc2cccc3c2B(O)OC3)CC1. The smallest absolute Gasteiger partial charge is 0.492 e. The molecule has 2 aromatic rings. The van der Waals surface area contributed by atoms with Gasteiger partial charge in [0.15, 0.2) is 0 Å². The average molecular weight is 380 g/mol. The Hall–Kier alpha value is -2.51. The van der Waals surface area contributed by atoms with Gasteiger partial charge in [-0.1, -0.05) is 30.3 Å². The van der Waals surface area contributed by atoms with Crippen molar-refractivity contribution in [3.63, 3.8) is 0 Å². The molecule has 1 saturated heterocycles. The van der Waals surface area contributed by atoms with E-state index in [0.29, 0.717) is 32.5 Å². The second-order valence-corrected chi connectivity index (χ2v) is 7.19. The molecule has 2 aliphatic heterocycles. The van der Waals surface area contributed by atoms with Crippen molar-refractivity contribution in [2.45, 2.75) is 19.4 Å². The van der Waals surface area contributed by atoms with Gasteiger partial charge in [-0.15, -0.1) is 0 Å². The van der Waals surface area contributed by atoms with Crippen molar-refractivity contribution in [2.75, 3.05) is 38.2 Å². The summed E-state index contributed by atoms with van der Waals surface area (Å²) in [5.74, 6) is 1.02. The number of carbonyl (C=O) groups excluding carboxylic acids is 1. The summed E-state index contributed by atoms with van der Waals surface area (Å²) in [5.41, 5.74) is 3.94. The Morgan fingerprint density at radius 3 is 2.71 bits per heavy atom. The lowest BCUT2D eigenvalue weighted by molar-refractivity contribution is -0.131. The lowest BCUT2D eigenvalue weighted by Crippen LogP contribution is -2.49. The first-order valence-corrected chi connectivity index (χ1v) is 9.73. The first kappa shape index (κ1) is 18.8. The van der Waals surface area contributed by atoms with Gasteiger partial charge in [0, 0.05) is 32.6 Å². The molecule has 0 aliphatic carbocycles. The van der Waals surface area contributed by atoms with Gasteiger partial charge in [0.2, 0.25) is 5.91 Å². The van der Waals surface area contributed by atoms with Crippen LogP contribution in [0.1, 0.15) is 17.5 Å². The number of hydrogen-bond donors (Lipinski definition) is 1. The van der Waals surface area contributed by atoms with Crippen molar-refractivity contribution in [2.24, 2.45) is 0 Å². The lowest BCUT2D eigenvalue weighted by atomic mass is 9.75. The lowest BCUT2D eigenvalue weighted by Gasteiger charge is -2.36. The number of anilines is 1. The van der Waals surface area contributed by atoms with Crippen LogP contribution in [0.15, 0.2) is 42.5 Å². The molecule has 4 rings (SSSR count). The minimum atomic E-state index is -0.870. The van der Waals surface area contributed by atoms with Gasteiger partial charge in [0.25, 0.3) is 0 Å². The van der Waals surface area contributed by atoms with Gasteiger partial charge in [-0.2, -0.15) is 0 Å². The number of benzene rings is 2. The topological polar surface area (TPSA) is 62.2 Å². The quantitative estimate of drug-likeness (QED) is 0.790. The summed E-state index contributed by atoms with van der Waals surface area (Å²) in [6.07, 6.45) is 1.06. The summed E-state index contributed by atoms with van der Waals surface area (Å²) in [6.45, 7) is 3.42. The van der Waals surface area contributed by atoms with Gasteiger partial charge < -0.3 is 24.2 Å².